The molecule has 0 radical (unpaired) electrons. The summed E-state index contributed by atoms with van der Waals surface area (Å²) in [5.41, 5.74) is -0.855. The Morgan fingerprint density at radius 3 is 2.21 bits per heavy atom. The van der Waals surface area contributed by atoms with Crippen LogP contribution in [0.2, 0.25) is 0 Å². The molecule has 0 spiro atoms. The van der Waals surface area contributed by atoms with Gasteiger partial charge < -0.3 is 10.0 Å². The molecule has 0 aromatic rings. The first-order valence-electron chi connectivity index (χ1n) is 6.90. The number of nitrogens with zero attached hydrogens (tertiary/aromatic N) is 1. The molecule has 0 unspecified atom stereocenters. The Labute approximate surface area is 115 Å². The minimum atomic E-state index is -0.855. The van der Waals surface area contributed by atoms with Crippen molar-refractivity contribution in [2.24, 2.45) is 5.41 Å². The first-order valence-corrected chi connectivity index (χ1v) is 8.38. The lowest BCUT2D eigenvalue weighted by molar-refractivity contribution is -0.156. The van der Waals surface area contributed by atoms with E-state index in [1.54, 1.807) is 4.90 Å². The molecule has 1 amide bonds. The van der Waals surface area contributed by atoms with E-state index < -0.39 is 22.2 Å². The number of carbonyl (C=O) groups excluding carboxylic acids is 1. The predicted octanol–water partition coefficient (Wildman–Crippen LogP) is 1.00. The van der Waals surface area contributed by atoms with Crippen LogP contribution in [0.3, 0.4) is 0 Å². The summed E-state index contributed by atoms with van der Waals surface area (Å²) in [7, 11) is -0.814. The third-order valence-corrected chi connectivity index (χ3v) is 5.56. The average Bonchev–Trinajstić information content (AvgIpc) is 2.40. The van der Waals surface area contributed by atoms with E-state index in [0.717, 1.165) is 19.3 Å². The zero-order valence-electron chi connectivity index (χ0n) is 11.1. The van der Waals surface area contributed by atoms with Crippen molar-refractivity contribution in [2.45, 2.75) is 38.5 Å². The fraction of sp³-hybridized carbons (Fsp3) is 0.846. The van der Waals surface area contributed by atoms with Gasteiger partial charge in [0.25, 0.3) is 0 Å². The summed E-state index contributed by atoms with van der Waals surface area (Å²) < 4.78 is 11.3. The Morgan fingerprint density at radius 1 is 1.11 bits per heavy atom. The number of amides is 1. The fourth-order valence-electron chi connectivity index (χ4n) is 2.98. The first-order chi connectivity index (χ1) is 9.03. The van der Waals surface area contributed by atoms with Crippen LogP contribution in [0.25, 0.3) is 0 Å². The summed E-state index contributed by atoms with van der Waals surface area (Å²) >= 11 is 0. The number of carboxylic acid groups (broad SMARTS) is 1. The molecular weight excluding hydrogens is 266 g/mol. The van der Waals surface area contributed by atoms with Gasteiger partial charge in [-0.05, 0) is 12.8 Å². The molecule has 1 heterocycles. The summed E-state index contributed by atoms with van der Waals surface area (Å²) in [4.78, 5) is 25.5. The van der Waals surface area contributed by atoms with E-state index in [2.05, 4.69) is 0 Å². The van der Waals surface area contributed by atoms with E-state index in [1.807, 2.05) is 0 Å². The van der Waals surface area contributed by atoms with Gasteiger partial charge in [-0.15, -0.1) is 0 Å². The third kappa shape index (κ3) is 3.35. The maximum absolute atomic E-state index is 12.2. The monoisotopic (exact) mass is 287 g/mol. The molecule has 0 bridgehead atoms. The molecule has 0 atom stereocenters. The van der Waals surface area contributed by atoms with Gasteiger partial charge in [0.1, 0.15) is 0 Å². The Balaban J connectivity index is 1.99. The molecular formula is C13H21NO4S. The SMILES string of the molecule is O=C(CC1(C(=O)O)CCCCC1)N1CCS(=O)CC1. The second-order valence-electron chi connectivity index (χ2n) is 5.55. The molecule has 1 saturated heterocycles. The third-order valence-electron chi connectivity index (χ3n) is 4.28. The van der Waals surface area contributed by atoms with E-state index in [-0.39, 0.29) is 12.3 Å². The molecule has 1 aliphatic carbocycles. The second-order valence-corrected chi connectivity index (χ2v) is 7.25. The maximum Gasteiger partial charge on any atom is 0.310 e. The first kappa shape index (κ1) is 14.5. The van der Waals surface area contributed by atoms with E-state index >= 15 is 0 Å². The van der Waals surface area contributed by atoms with E-state index in [4.69, 9.17) is 0 Å². The van der Waals surface area contributed by atoms with Crippen LogP contribution in [-0.4, -0.2) is 50.7 Å². The lowest BCUT2D eigenvalue weighted by Crippen LogP contribution is -2.45. The number of carboxylic acids is 1. The quantitative estimate of drug-likeness (QED) is 0.840. The van der Waals surface area contributed by atoms with Crippen LogP contribution in [0, 0.1) is 5.41 Å². The van der Waals surface area contributed by atoms with Crippen LogP contribution in [0.4, 0.5) is 0 Å². The van der Waals surface area contributed by atoms with Crippen LogP contribution in [0.5, 0.6) is 0 Å². The van der Waals surface area contributed by atoms with Crippen LogP contribution < -0.4 is 0 Å². The van der Waals surface area contributed by atoms with Gasteiger partial charge in [0.2, 0.25) is 5.91 Å². The van der Waals surface area contributed by atoms with Gasteiger partial charge >= 0.3 is 5.97 Å². The molecule has 1 aliphatic heterocycles. The summed E-state index contributed by atoms with van der Waals surface area (Å²) in [5.74, 6) is 0.125. The minimum absolute atomic E-state index is 0.0824. The van der Waals surface area contributed by atoms with Crippen LogP contribution >= 0.6 is 0 Å². The van der Waals surface area contributed by atoms with Crippen molar-refractivity contribution in [1.82, 2.24) is 4.90 Å². The van der Waals surface area contributed by atoms with Crippen molar-refractivity contribution in [2.75, 3.05) is 24.6 Å². The van der Waals surface area contributed by atoms with Crippen LogP contribution in [0.1, 0.15) is 38.5 Å². The van der Waals surface area contributed by atoms with Gasteiger partial charge in [-0.2, -0.15) is 0 Å². The largest absolute Gasteiger partial charge is 0.481 e. The predicted molar refractivity (Wildman–Crippen MR) is 72.2 cm³/mol. The van der Waals surface area contributed by atoms with Crippen molar-refractivity contribution < 1.29 is 18.9 Å². The Bertz CT molecular complexity index is 380. The van der Waals surface area contributed by atoms with Crippen molar-refractivity contribution in [3.63, 3.8) is 0 Å². The van der Waals surface area contributed by atoms with Crippen molar-refractivity contribution in [1.29, 1.82) is 0 Å². The van der Waals surface area contributed by atoms with Gasteiger partial charge in [0, 0.05) is 41.8 Å². The zero-order chi connectivity index (χ0) is 13.9. The molecule has 0 aromatic heterocycles. The van der Waals surface area contributed by atoms with E-state index in [9.17, 15) is 18.9 Å². The van der Waals surface area contributed by atoms with Crippen LogP contribution in [0.15, 0.2) is 0 Å². The lowest BCUT2D eigenvalue weighted by Gasteiger charge is -2.35. The molecule has 0 aromatic carbocycles. The summed E-state index contributed by atoms with van der Waals surface area (Å²) in [5, 5.41) is 9.46. The molecule has 6 heteroatoms. The van der Waals surface area contributed by atoms with Crippen molar-refractivity contribution in [3.05, 3.63) is 0 Å². The highest BCUT2D eigenvalue weighted by molar-refractivity contribution is 7.85. The lowest BCUT2D eigenvalue weighted by atomic mass is 9.71. The standard InChI is InChI=1S/C13H21NO4S/c15-11(14-6-8-19(18)9-7-14)10-13(12(16)17)4-2-1-3-5-13/h1-10H2,(H,16,17). The molecule has 5 nitrogen and oxygen atoms in total. The molecule has 2 fully saturated rings. The van der Waals surface area contributed by atoms with Gasteiger partial charge in [0.15, 0.2) is 0 Å². The molecule has 2 aliphatic rings. The topological polar surface area (TPSA) is 74.7 Å². The number of hydrogen-bond donors (Lipinski definition) is 1. The van der Waals surface area contributed by atoms with Crippen LogP contribution in [-0.2, 0) is 20.4 Å². The summed E-state index contributed by atoms with van der Waals surface area (Å²) in [6.07, 6.45) is 4.16. The highest BCUT2D eigenvalue weighted by atomic mass is 32.2. The average molecular weight is 287 g/mol. The number of rotatable bonds is 3. The van der Waals surface area contributed by atoms with Crippen molar-refractivity contribution in [3.8, 4) is 0 Å². The van der Waals surface area contributed by atoms with Gasteiger partial charge in [-0.1, -0.05) is 19.3 Å². The minimum Gasteiger partial charge on any atom is -0.481 e. The molecule has 1 N–H and O–H groups in total. The number of hydrogen-bond acceptors (Lipinski definition) is 3. The fourth-order valence-corrected chi connectivity index (χ4v) is 4.04. The van der Waals surface area contributed by atoms with Gasteiger partial charge in [-0.3, -0.25) is 13.8 Å². The van der Waals surface area contributed by atoms with E-state index in [0.29, 0.717) is 37.4 Å². The van der Waals surface area contributed by atoms with Crippen molar-refractivity contribution >= 4 is 22.7 Å². The van der Waals surface area contributed by atoms with E-state index in [1.165, 1.54) is 0 Å². The Hall–Kier alpha value is -0.910. The molecule has 2 rings (SSSR count). The highest BCUT2D eigenvalue weighted by Gasteiger charge is 2.42. The van der Waals surface area contributed by atoms with Gasteiger partial charge in [0.05, 0.1) is 5.41 Å². The summed E-state index contributed by atoms with van der Waals surface area (Å²) in [6, 6.07) is 0. The summed E-state index contributed by atoms with van der Waals surface area (Å²) in [6.45, 7) is 1.00. The zero-order valence-corrected chi connectivity index (χ0v) is 11.9. The normalized spacial score (nSPS) is 24.1. The molecule has 19 heavy (non-hydrogen) atoms. The maximum atomic E-state index is 12.2. The number of carbonyl (C=O) groups is 2. The Morgan fingerprint density at radius 2 is 1.68 bits per heavy atom. The number of aliphatic carboxylic acids is 1. The van der Waals surface area contributed by atoms with Gasteiger partial charge in [-0.25, -0.2) is 0 Å². The Kier molecular flexibility index (Phi) is 4.60. The molecule has 1 saturated carbocycles. The second kappa shape index (κ2) is 6.03. The smallest absolute Gasteiger partial charge is 0.310 e. The molecule has 108 valence electrons. The highest BCUT2D eigenvalue weighted by Crippen LogP contribution is 2.40.